The number of anilines is 1. The van der Waals surface area contributed by atoms with Gasteiger partial charge in [0.05, 0.1) is 5.69 Å². The van der Waals surface area contributed by atoms with Crippen molar-refractivity contribution in [2.75, 3.05) is 4.90 Å². The number of nitrogens with zero attached hydrogens (tertiary/aromatic N) is 1. The fourth-order valence-corrected chi connectivity index (χ4v) is 2.98. The molecule has 0 spiro atoms. The molecular weight excluding hydrogens is 397 g/mol. The van der Waals surface area contributed by atoms with Gasteiger partial charge in [0.15, 0.2) is 5.78 Å². The summed E-state index contributed by atoms with van der Waals surface area (Å²) in [6.07, 6.45) is 5.56. The van der Waals surface area contributed by atoms with E-state index in [-0.39, 0.29) is 23.4 Å². The van der Waals surface area contributed by atoms with Crippen LogP contribution in [0.1, 0.15) is 15.9 Å². The highest BCUT2D eigenvalue weighted by Crippen LogP contribution is 2.26. The van der Waals surface area contributed by atoms with Gasteiger partial charge < -0.3 is 4.74 Å². The second kappa shape index (κ2) is 8.59. The summed E-state index contributed by atoms with van der Waals surface area (Å²) in [7, 11) is 0. The monoisotopic (exact) mass is 413 g/mol. The Balaban J connectivity index is 1.38. The zero-order valence-corrected chi connectivity index (χ0v) is 16.2. The zero-order chi connectivity index (χ0) is 21.8. The number of amides is 2. The van der Waals surface area contributed by atoms with Crippen LogP contribution < -0.4 is 9.64 Å². The number of carbonyl (C=O) groups is 3. The van der Waals surface area contributed by atoms with Crippen molar-refractivity contribution in [3.8, 4) is 11.5 Å². The van der Waals surface area contributed by atoms with Crippen LogP contribution >= 0.6 is 0 Å². The van der Waals surface area contributed by atoms with Crippen LogP contribution in [0.3, 0.4) is 0 Å². The van der Waals surface area contributed by atoms with Gasteiger partial charge in [-0.2, -0.15) is 0 Å². The Labute approximate surface area is 177 Å². The summed E-state index contributed by atoms with van der Waals surface area (Å²) < 4.78 is 18.7. The summed E-state index contributed by atoms with van der Waals surface area (Å²) in [6.45, 7) is 0. The molecule has 0 bridgehead atoms. The minimum absolute atomic E-state index is 0.217. The predicted molar refractivity (Wildman–Crippen MR) is 114 cm³/mol. The summed E-state index contributed by atoms with van der Waals surface area (Å²) in [5.74, 6) is -0.220. The molecule has 0 saturated carbocycles. The largest absolute Gasteiger partial charge is 0.457 e. The van der Waals surface area contributed by atoms with Crippen LogP contribution in [0.5, 0.6) is 11.5 Å². The molecule has 31 heavy (non-hydrogen) atoms. The number of benzene rings is 3. The van der Waals surface area contributed by atoms with Gasteiger partial charge in [0.2, 0.25) is 0 Å². The zero-order valence-electron chi connectivity index (χ0n) is 16.2. The topological polar surface area (TPSA) is 63.7 Å². The van der Waals surface area contributed by atoms with Crippen LogP contribution in [0.15, 0.2) is 91.0 Å². The van der Waals surface area contributed by atoms with Crippen LogP contribution in [0.25, 0.3) is 6.08 Å². The Bertz CT molecular complexity index is 1180. The van der Waals surface area contributed by atoms with Crippen molar-refractivity contribution in [1.82, 2.24) is 0 Å². The van der Waals surface area contributed by atoms with Gasteiger partial charge in [-0.15, -0.1) is 0 Å². The number of carbonyl (C=O) groups excluding carboxylic acids is 3. The van der Waals surface area contributed by atoms with Gasteiger partial charge in [-0.25, -0.2) is 9.29 Å². The van der Waals surface area contributed by atoms with Crippen LogP contribution in [-0.2, 0) is 9.59 Å². The molecule has 1 aliphatic rings. The Morgan fingerprint density at radius 2 is 1.32 bits per heavy atom. The number of hydrogen-bond acceptors (Lipinski definition) is 4. The van der Waals surface area contributed by atoms with E-state index in [2.05, 4.69) is 0 Å². The van der Waals surface area contributed by atoms with Crippen molar-refractivity contribution in [1.29, 1.82) is 0 Å². The third-order valence-electron chi connectivity index (χ3n) is 4.58. The Morgan fingerprint density at radius 3 is 1.90 bits per heavy atom. The van der Waals surface area contributed by atoms with E-state index in [1.165, 1.54) is 42.5 Å². The molecule has 0 saturated heterocycles. The van der Waals surface area contributed by atoms with E-state index in [0.717, 1.165) is 10.5 Å². The van der Waals surface area contributed by atoms with E-state index in [9.17, 15) is 18.8 Å². The predicted octanol–water partition coefficient (Wildman–Crippen LogP) is 4.94. The van der Waals surface area contributed by atoms with Gasteiger partial charge in [0.1, 0.15) is 17.3 Å². The molecule has 2 amide bonds. The van der Waals surface area contributed by atoms with Gasteiger partial charge >= 0.3 is 0 Å². The Morgan fingerprint density at radius 1 is 0.774 bits per heavy atom. The summed E-state index contributed by atoms with van der Waals surface area (Å²) in [6, 6.07) is 19.1. The first-order valence-corrected chi connectivity index (χ1v) is 9.42. The lowest BCUT2D eigenvalue weighted by atomic mass is 10.1. The molecular formula is C25H16FNO4. The van der Waals surface area contributed by atoms with E-state index >= 15 is 0 Å². The van der Waals surface area contributed by atoms with E-state index in [4.69, 9.17) is 4.74 Å². The molecule has 6 heteroatoms. The number of imide groups is 1. The Hall–Kier alpha value is -4.32. The summed E-state index contributed by atoms with van der Waals surface area (Å²) in [5.41, 5.74) is 1.68. The minimum atomic E-state index is -0.388. The van der Waals surface area contributed by atoms with Crippen LogP contribution in [0, 0.1) is 5.82 Å². The summed E-state index contributed by atoms with van der Waals surface area (Å²) >= 11 is 0. The maximum absolute atomic E-state index is 12.9. The third-order valence-corrected chi connectivity index (χ3v) is 4.58. The normalized spacial score (nSPS) is 13.3. The summed E-state index contributed by atoms with van der Waals surface area (Å²) in [4.78, 5) is 36.7. The van der Waals surface area contributed by atoms with Gasteiger partial charge in [-0.1, -0.05) is 18.2 Å². The standard InChI is InChI=1S/C25H16FNO4/c26-19-6-4-18(5-7-19)23(28)14-3-17-1-10-21(11-2-17)31-22-12-8-20(9-13-22)27-24(29)15-16-25(27)30/h1-16H/b14-3+. The van der Waals surface area contributed by atoms with Crippen LogP contribution in [0.2, 0.25) is 0 Å². The second-order valence-electron chi connectivity index (χ2n) is 6.71. The highest BCUT2D eigenvalue weighted by Gasteiger charge is 2.24. The molecule has 0 unspecified atom stereocenters. The van der Waals surface area contributed by atoms with Crippen molar-refractivity contribution in [2.24, 2.45) is 0 Å². The Kier molecular flexibility index (Phi) is 5.53. The van der Waals surface area contributed by atoms with Crippen molar-refractivity contribution < 1.29 is 23.5 Å². The highest BCUT2D eigenvalue weighted by atomic mass is 19.1. The molecule has 1 aliphatic heterocycles. The molecule has 0 aromatic heterocycles. The number of halogens is 1. The number of allylic oxidation sites excluding steroid dienone is 1. The first-order valence-electron chi connectivity index (χ1n) is 9.42. The lowest BCUT2D eigenvalue weighted by Gasteiger charge is -2.14. The lowest BCUT2D eigenvalue weighted by molar-refractivity contribution is -0.119. The SMILES string of the molecule is O=C(/C=C/c1ccc(Oc2ccc(N3C(=O)C=CC3=O)cc2)cc1)c1ccc(F)cc1. The minimum Gasteiger partial charge on any atom is -0.457 e. The first kappa shape index (κ1) is 20.0. The highest BCUT2D eigenvalue weighted by molar-refractivity contribution is 6.28. The number of ether oxygens (including phenoxy) is 1. The molecule has 4 rings (SSSR count). The molecule has 3 aromatic carbocycles. The average Bonchev–Trinajstić information content (AvgIpc) is 3.12. The van der Waals surface area contributed by atoms with Gasteiger partial charge in [0, 0.05) is 17.7 Å². The van der Waals surface area contributed by atoms with Gasteiger partial charge in [-0.3, -0.25) is 14.4 Å². The fourth-order valence-electron chi connectivity index (χ4n) is 2.98. The molecule has 152 valence electrons. The third kappa shape index (κ3) is 4.64. The molecule has 0 N–H and O–H groups in total. The van der Waals surface area contributed by atoms with E-state index in [1.54, 1.807) is 54.6 Å². The van der Waals surface area contributed by atoms with E-state index < -0.39 is 0 Å². The van der Waals surface area contributed by atoms with Crippen molar-refractivity contribution in [3.63, 3.8) is 0 Å². The molecule has 0 aliphatic carbocycles. The fraction of sp³-hybridized carbons (Fsp3) is 0. The van der Waals surface area contributed by atoms with E-state index in [1.807, 2.05) is 0 Å². The molecule has 0 radical (unpaired) electrons. The number of ketones is 1. The molecule has 5 nitrogen and oxygen atoms in total. The molecule has 0 atom stereocenters. The first-order chi connectivity index (χ1) is 15.0. The van der Waals surface area contributed by atoms with Crippen molar-refractivity contribution in [2.45, 2.75) is 0 Å². The van der Waals surface area contributed by atoms with Crippen molar-refractivity contribution in [3.05, 3.63) is 108 Å². The van der Waals surface area contributed by atoms with Crippen LogP contribution in [-0.4, -0.2) is 17.6 Å². The molecule has 3 aromatic rings. The lowest BCUT2D eigenvalue weighted by Crippen LogP contribution is -2.29. The summed E-state index contributed by atoms with van der Waals surface area (Å²) in [5, 5.41) is 0. The second-order valence-corrected chi connectivity index (χ2v) is 6.71. The van der Waals surface area contributed by atoms with Crippen LogP contribution in [0.4, 0.5) is 10.1 Å². The van der Waals surface area contributed by atoms with Gasteiger partial charge in [-0.05, 0) is 72.3 Å². The quantitative estimate of drug-likeness (QED) is 0.326. The van der Waals surface area contributed by atoms with E-state index in [0.29, 0.717) is 22.7 Å². The number of hydrogen-bond donors (Lipinski definition) is 0. The average molecular weight is 413 g/mol. The maximum Gasteiger partial charge on any atom is 0.258 e. The van der Waals surface area contributed by atoms with Crippen molar-refractivity contribution >= 4 is 29.4 Å². The van der Waals surface area contributed by atoms with Gasteiger partial charge in [0.25, 0.3) is 11.8 Å². The molecule has 1 heterocycles. The number of rotatable bonds is 6. The molecule has 0 fully saturated rings. The maximum atomic E-state index is 12.9. The smallest absolute Gasteiger partial charge is 0.258 e.